The molecular weight excluding hydrogens is 280 g/mol. The molecule has 116 valence electrons. The van der Waals surface area contributed by atoms with Gasteiger partial charge in [0, 0.05) is 11.1 Å². The van der Waals surface area contributed by atoms with Crippen LogP contribution in [0.15, 0.2) is 18.2 Å². The normalized spacial score (nSPS) is 12.0. The molecule has 0 unspecified atom stereocenters. The summed E-state index contributed by atoms with van der Waals surface area (Å²) in [5.41, 5.74) is 1.27. The first kappa shape index (κ1) is 15.8. The van der Waals surface area contributed by atoms with Gasteiger partial charge in [0.1, 0.15) is 11.1 Å². The number of fused-ring (bicyclic) bond motifs is 4. The van der Waals surface area contributed by atoms with Crippen molar-refractivity contribution < 1.29 is 9.53 Å². The molecular formula is C16H20N4O2. The lowest BCUT2D eigenvalue weighted by atomic mass is 10.1. The molecule has 1 aromatic carbocycles. The summed E-state index contributed by atoms with van der Waals surface area (Å²) < 4.78 is 6.46. The van der Waals surface area contributed by atoms with Crippen LogP contribution in [0.4, 0.5) is 5.69 Å². The summed E-state index contributed by atoms with van der Waals surface area (Å²) in [5.74, 6) is 1.06. The van der Waals surface area contributed by atoms with Gasteiger partial charge in [-0.15, -0.1) is 5.10 Å². The third kappa shape index (κ3) is 3.55. The average molecular weight is 300 g/mol. The Labute approximate surface area is 129 Å². The lowest BCUT2D eigenvalue weighted by Crippen LogP contribution is -2.28. The smallest absolute Gasteiger partial charge is 0.293 e. The molecule has 3 rings (SSSR count). The van der Waals surface area contributed by atoms with Crippen molar-refractivity contribution in [3.63, 3.8) is 0 Å². The minimum absolute atomic E-state index is 0.318. The summed E-state index contributed by atoms with van der Waals surface area (Å²) >= 11 is 0. The van der Waals surface area contributed by atoms with Gasteiger partial charge in [-0.25, -0.2) is 4.68 Å². The first-order chi connectivity index (χ1) is 10.2. The molecule has 0 aromatic heterocycles. The SMILES string of the molecule is CC(C)(C#N)Nc1ccc2c(c1)c1nn2-1.CC(C)(C)OC=O. The lowest BCUT2D eigenvalue weighted by molar-refractivity contribution is -0.138. The van der Waals surface area contributed by atoms with Crippen LogP contribution < -0.4 is 5.32 Å². The van der Waals surface area contributed by atoms with E-state index in [1.807, 2.05) is 57.5 Å². The summed E-state index contributed by atoms with van der Waals surface area (Å²) in [6.07, 6.45) is 0. The van der Waals surface area contributed by atoms with Gasteiger partial charge in [0.25, 0.3) is 6.47 Å². The fraction of sp³-hybridized carbons (Fsp3) is 0.438. The standard InChI is InChI=1S/C11H10N4.C5H10O2/c1-11(2,6-12)13-7-3-4-9-8(5-7)10-14-15(9)10;1-5(2,3)7-4-6/h3-5,13H,1-2H3;4H,1-3H3. The van der Waals surface area contributed by atoms with Crippen molar-refractivity contribution in [1.29, 1.82) is 5.26 Å². The van der Waals surface area contributed by atoms with Crippen LogP contribution in [0.2, 0.25) is 0 Å². The highest BCUT2D eigenvalue weighted by Crippen LogP contribution is 2.36. The first-order valence-corrected chi connectivity index (χ1v) is 7.01. The van der Waals surface area contributed by atoms with Crippen molar-refractivity contribution in [2.24, 2.45) is 0 Å². The van der Waals surface area contributed by atoms with E-state index < -0.39 is 5.54 Å². The van der Waals surface area contributed by atoms with Crippen molar-refractivity contribution in [2.45, 2.75) is 45.8 Å². The predicted octanol–water partition coefficient (Wildman–Crippen LogP) is 3.01. The van der Waals surface area contributed by atoms with Gasteiger partial charge in [-0.1, -0.05) is 0 Å². The molecule has 0 aliphatic carbocycles. The summed E-state index contributed by atoms with van der Waals surface area (Å²) in [4.78, 5) is 9.60. The van der Waals surface area contributed by atoms with Crippen LogP contribution in [-0.2, 0) is 9.53 Å². The number of aromatic nitrogens is 2. The molecule has 6 nitrogen and oxygen atoms in total. The monoisotopic (exact) mass is 300 g/mol. The van der Waals surface area contributed by atoms with Gasteiger partial charge in [-0.2, -0.15) is 5.26 Å². The van der Waals surface area contributed by atoms with Gasteiger partial charge >= 0.3 is 0 Å². The number of carbonyl (C=O) groups is 1. The topological polar surface area (TPSA) is 79.9 Å². The minimum Gasteiger partial charge on any atom is -0.462 e. The second kappa shape index (κ2) is 5.34. The number of nitriles is 1. The van der Waals surface area contributed by atoms with Crippen LogP contribution in [0.25, 0.3) is 16.7 Å². The Balaban J connectivity index is 0.000000217. The summed E-state index contributed by atoms with van der Waals surface area (Å²) in [5, 5.41) is 17.4. The largest absolute Gasteiger partial charge is 0.462 e. The van der Waals surface area contributed by atoms with E-state index >= 15 is 0 Å². The Morgan fingerprint density at radius 1 is 1.32 bits per heavy atom. The van der Waals surface area contributed by atoms with Crippen LogP contribution in [-0.4, -0.2) is 27.4 Å². The first-order valence-electron chi connectivity index (χ1n) is 7.01. The van der Waals surface area contributed by atoms with Gasteiger partial charge in [-0.3, -0.25) is 4.79 Å². The van der Waals surface area contributed by atoms with E-state index in [0.29, 0.717) is 6.47 Å². The highest BCUT2D eigenvalue weighted by atomic mass is 16.5. The molecule has 2 aliphatic heterocycles. The fourth-order valence-electron chi connectivity index (χ4n) is 1.87. The maximum absolute atomic E-state index is 9.60. The molecule has 0 radical (unpaired) electrons. The van der Waals surface area contributed by atoms with Crippen LogP contribution in [0.3, 0.4) is 0 Å². The lowest BCUT2D eigenvalue weighted by Gasteiger charge is -2.19. The van der Waals surface area contributed by atoms with Crippen molar-refractivity contribution in [1.82, 2.24) is 9.78 Å². The average Bonchev–Trinajstić information content (AvgIpc) is 3.10. The highest BCUT2D eigenvalue weighted by Gasteiger charge is 2.26. The van der Waals surface area contributed by atoms with Crippen LogP contribution in [0.1, 0.15) is 34.6 Å². The minimum atomic E-state index is -0.539. The summed E-state index contributed by atoms with van der Waals surface area (Å²) in [7, 11) is 0. The summed E-state index contributed by atoms with van der Waals surface area (Å²) in [6.45, 7) is 9.63. The number of hydrogen-bond acceptors (Lipinski definition) is 5. The maximum atomic E-state index is 9.60. The number of nitrogens with one attached hydrogen (secondary N) is 1. The molecule has 0 bridgehead atoms. The molecule has 22 heavy (non-hydrogen) atoms. The molecule has 1 aromatic rings. The molecule has 0 spiro atoms. The Morgan fingerprint density at radius 2 is 2.00 bits per heavy atom. The third-order valence-electron chi connectivity index (χ3n) is 2.96. The van der Waals surface area contributed by atoms with Gasteiger partial charge in [0.05, 0.1) is 11.6 Å². The van der Waals surface area contributed by atoms with Gasteiger partial charge in [-0.05, 0) is 52.8 Å². The quantitative estimate of drug-likeness (QED) is 0.752. The third-order valence-corrected chi connectivity index (χ3v) is 2.96. The fourth-order valence-corrected chi connectivity index (χ4v) is 1.87. The number of nitrogens with zero attached hydrogens (tertiary/aromatic N) is 3. The van der Waals surface area contributed by atoms with Crippen molar-refractivity contribution in [3.8, 4) is 11.9 Å². The molecule has 0 saturated heterocycles. The van der Waals surface area contributed by atoms with E-state index in [9.17, 15) is 4.79 Å². The number of carbonyl (C=O) groups excluding carboxylic acids is 1. The van der Waals surface area contributed by atoms with E-state index in [0.717, 1.165) is 17.0 Å². The van der Waals surface area contributed by atoms with E-state index in [1.54, 1.807) is 0 Å². The zero-order valence-corrected chi connectivity index (χ0v) is 13.5. The number of anilines is 1. The van der Waals surface area contributed by atoms with E-state index in [1.165, 1.54) is 5.39 Å². The highest BCUT2D eigenvalue weighted by molar-refractivity contribution is 5.98. The van der Waals surface area contributed by atoms with Crippen LogP contribution in [0, 0.1) is 11.3 Å². The van der Waals surface area contributed by atoms with Gasteiger partial charge in [0.15, 0.2) is 5.82 Å². The van der Waals surface area contributed by atoms with Gasteiger partial charge < -0.3 is 10.1 Å². The molecule has 0 fully saturated rings. The van der Waals surface area contributed by atoms with Crippen molar-refractivity contribution in [3.05, 3.63) is 18.2 Å². The second-order valence-electron chi connectivity index (χ2n) is 6.66. The maximum Gasteiger partial charge on any atom is 0.293 e. The van der Waals surface area contributed by atoms with Crippen molar-refractivity contribution in [2.75, 3.05) is 5.32 Å². The molecule has 2 heterocycles. The Kier molecular flexibility index (Phi) is 3.84. The zero-order chi connectivity index (χ0) is 16.5. The number of hydrogen-bond donors (Lipinski definition) is 1. The molecule has 1 N–H and O–H groups in total. The van der Waals surface area contributed by atoms with Gasteiger partial charge in [0.2, 0.25) is 0 Å². The van der Waals surface area contributed by atoms with E-state index in [2.05, 4.69) is 21.2 Å². The van der Waals surface area contributed by atoms with E-state index in [4.69, 9.17) is 5.26 Å². The molecule has 0 saturated carbocycles. The predicted molar refractivity (Wildman–Crippen MR) is 84.8 cm³/mol. The van der Waals surface area contributed by atoms with Crippen LogP contribution in [0.5, 0.6) is 0 Å². The van der Waals surface area contributed by atoms with Crippen molar-refractivity contribution >= 4 is 23.1 Å². The summed E-state index contributed by atoms with van der Waals surface area (Å²) in [6, 6.07) is 8.24. The second-order valence-corrected chi connectivity index (χ2v) is 6.66. The van der Waals surface area contributed by atoms with Crippen LogP contribution >= 0.6 is 0 Å². The number of ether oxygens (including phenoxy) is 1. The Hall–Kier alpha value is -2.55. The molecule has 0 atom stereocenters. The Bertz CT molecular complexity index is 748. The molecule has 0 amide bonds. The molecule has 6 heteroatoms. The number of rotatable bonds is 3. The number of benzene rings is 1. The Morgan fingerprint density at radius 3 is 2.50 bits per heavy atom. The van der Waals surface area contributed by atoms with E-state index in [-0.39, 0.29) is 5.60 Å². The zero-order valence-electron chi connectivity index (χ0n) is 13.5. The molecule has 2 aliphatic rings.